The number of aryl methyl sites for hydroxylation is 1. The molecule has 0 spiro atoms. The van der Waals surface area contributed by atoms with Gasteiger partial charge in [-0.25, -0.2) is 0 Å². The van der Waals surface area contributed by atoms with E-state index in [-0.39, 0.29) is 18.4 Å². The van der Waals surface area contributed by atoms with Crippen molar-refractivity contribution in [3.8, 4) is 0 Å². The lowest BCUT2D eigenvalue weighted by Gasteiger charge is -2.12. The number of aromatic nitrogens is 1. The molecule has 0 saturated carbocycles. The van der Waals surface area contributed by atoms with E-state index in [4.69, 9.17) is 0 Å². The van der Waals surface area contributed by atoms with Crippen LogP contribution in [0.15, 0.2) is 42.6 Å². The van der Waals surface area contributed by atoms with E-state index >= 15 is 0 Å². The smallest absolute Gasteiger partial charge is 0.261 e. The Morgan fingerprint density at radius 1 is 1.05 bits per heavy atom. The molecule has 4 nitrogen and oxygen atoms in total. The van der Waals surface area contributed by atoms with Crippen molar-refractivity contribution >= 4 is 11.8 Å². The maximum Gasteiger partial charge on any atom is 0.261 e. The van der Waals surface area contributed by atoms with Gasteiger partial charge < -0.3 is 0 Å². The highest BCUT2D eigenvalue weighted by atomic mass is 16.2. The lowest BCUT2D eigenvalue weighted by molar-refractivity contribution is 0.0640. The van der Waals surface area contributed by atoms with Crippen molar-refractivity contribution in [1.82, 2.24) is 9.88 Å². The fraction of sp³-hybridized carbons (Fsp3) is 0.133. The number of carbonyl (C=O) groups excluding carboxylic acids is 2. The molecule has 0 unspecified atom stereocenters. The first-order valence-corrected chi connectivity index (χ1v) is 6.03. The van der Waals surface area contributed by atoms with E-state index in [9.17, 15) is 9.59 Å². The number of hydrogen-bond donors (Lipinski definition) is 0. The third-order valence-electron chi connectivity index (χ3n) is 3.17. The van der Waals surface area contributed by atoms with Gasteiger partial charge in [-0.3, -0.25) is 19.5 Å². The number of amides is 2. The maximum atomic E-state index is 12.2. The average Bonchev–Trinajstić information content (AvgIpc) is 2.65. The van der Waals surface area contributed by atoms with Crippen LogP contribution in [-0.2, 0) is 6.54 Å². The summed E-state index contributed by atoms with van der Waals surface area (Å²) in [5.41, 5.74) is 2.64. The van der Waals surface area contributed by atoms with E-state index in [1.54, 1.807) is 30.5 Å². The molecule has 2 heterocycles. The standard InChI is InChI=1S/C15H12N2O2/c1-10-5-6-12-13(8-10)15(19)17(14(12)18)9-11-4-2-3-7-16-11/h2-8H,9H2,1H3. The van der Waals surface area contributed by atoms with Crippen LogP contribution in [0.1, 0.15) is 32.0 Å². The van der Waals surface area contributed by atoms with Gasteiger partial charge in [0.05, 0.1) is 23.4 Å². The van der Waals surface area contributed by atoms with Crippen LogP contribution in [0.3, 0.4) is 0 Å². The van der Waals surface area contributed by atoms with Crippen molar-refractivity contribution in [2.75, 3.05) is 0 Å². The van der Waals surface area contributed by atoms with E-state index in [1.165, 1.54) is 4.90 Å². The van der Waals surface area contributed by atoms with Crippen molar-refractivity contribution < 1.29 is 9.59 Å². The summed E-state index contributed by atoms with van der Waals surface area (Å²) >= 11 is 0. The summed E-state index contributed by atoms with van der Waals surface area (Å²) in [6.07, 6.45) is 1.65. The van der Waals surface area contributed by atoms with E-state index in [2.05, 4.69) is 4.98 Å². The maximum absolute atomic E-state index is 12.2. The Hall–Kier alpha value is -2.49. The predicted octanol–water partition coefficient (Wildman–Crippen LogP) is 2.19. The minimum atomic E-state index is -0.245. The molecule has 2 aromatic rings. The van der Waals surface area contributed by atoms with Gasteiger partial charge in [-0.2, -0.15) is 0 Å². The van der Waals surface area contributed by atoms with Gasteiger partial charge in [0.25, 0.3) is 11.8 Å². The van der Waals surface area contributed by atoms with Gasteiger partial charge >= 0.3 is 0 Å². The van der Waals surface area contributed by atoms with Crippen LogP contribution in [0.5, 0.6) is 0 Å². The summed E-state index contributed by atoms with van der Waals surface area (Å²) in [5.74, 6) is -0.486. The second-order valence-corrected chi connectivity index (χ2v) is 4.57. The summed E-state index contributed by atoms with van der Waals surface area (Å²) in [4.78, 5) is 29.8. The van der Waals surface area contributed by atoms with Crippen molar-refractivity contribution in [2.45, 2.75) is 13.5 Å². The van der Waals surface area contributed by atoms with E-state index in [0.29, 0.717) is 16.8 Å². The topological polar surface area (TPSA) is 50.3 Å². The van der Waals surface area contributed by atoms with Crippen molar-refractivity contribution in [3.63, 3.8) is 0 Å². The Morgan fingerprint density at radius 2 is 1.84 bits per heavy atom. The van der Waals surface area contributed by atoms with E-state index in [0.717, 1.165) is 5.56 Å². The number of benzene rings is 1. The molecule has 19 heavy (non-hydrogen) atoms. The number of nitrogens with zero attached hydrogens (tertiary/aromatic N) is 2. The molecule has 0 bridgehead atoms. The molecule has 1 aliphatic rings. The lowest BCUT2D eigenvalue weighted by atomic mass is 10.1. The third-order valence-corrected chi connectivity index (χ3v) is 3.17. The van der Waals surface area contributed by atoms with Crippen LogP contribution in [0.25, 0.3) is 0 Å². The SMILES string of the molecule is Cc1ccc2c(c1)C(=O)N(Cc1ccccn1)C2=O. The minimum Gasteiger partial charge on any atom is -0.269 e. The molecule has 2 amide bonds. The molecule has 1 aliphatic heterocycles. The van der Waals surface area contributed by atoms with Gasteiger partial charge in [0.1, 0.15) is 0 Å². The fourth-order valence-electron chi connectivity index (χ4n) is 2.20. The number of hydrogen-bond acceptors (Lipinski definition) is 3. The Bertz CT molecular complexity index is 665. The number of imide groups is 1. The predicted molar refractivity (Wildman–Crippen MR) is 69.6 cm³/mol. The summed E-state index contributed by atoms with van der Waals surface area (Å²) in [5, 5.41) is 0. The molecule has 4 heteroatoms. The van der Waals surface area contributed by atoms with Gasteiger partial charge in [-0.05, 0) is 31.2 Å². The monoisotopic (exact) mass is 252 g/mol. The molecule has 0 aliphatic carbocycles. The largest absolute Gasteiger partial charge is 0.269 e. The third kappa shape index (κ3) is 1.91. The second kappa shape index (κ2) is 4.31. The van der Waals surface area contributed by atoms with Crippen LogP contribution in [-0.4, -0.2) is 21.7 Å². The first-order valence-electron chi connectivity index (χ1n) is 6.03. The normalized spacial score (nSPS) is 13.8. The first kappa shape index (κ1) is 11.6. The number of rotatable bonds is 2. The molecule has 0 atom stereocenters. The molecule has 0 saturated heterocycles. The van der Waals surface area contributed by atoms with Crippen LogP contribution in [0.2, 0.25) is 0 Å². The zero-order valence-corrected chi connectivity index (χ0v) is 10.5. The molecule has 1 aromatic carbocycles. The minimum absolute atomic E-state index is 0.215. The average molecular weight is 252 g/mol. The molecule has 1 aromatic heterocycles. The summed E-state index contributed by atoms with van der Waals surface area (Å²) in [6.45, 7) is 2.12. The highest BCUT2D eigenvalue weighted by Gasteiger charge is 2.35. The van der Waals surface area contributed by atoms with Crippen molar-refractivity contribution in [3.05, 3.63) is 65.0 Å². The van der Waals surface area contributed by atoms with Gasteiger partial charge in [-0.15, -0.1) is 0 Å². The fourth-order valence-corrected chi connectivity index (χ4v) is 2.20. The van der Waals surface area contributed by atoms with Crippen LogP contribution in [0.4, 0.5) is 0 Å². The Morgan fingerprint density at radius 3 is 2.58 bits per heavy atom. The first-order chi connectivity index (χ1) is 9.16. The molecular weight excluding hydrogens is 240 g/mol. The zero-order chi connectivity index (χ0) is 13.4. The quantitative estimate of drug-likeness (QED) is 0.770. The summed E-state index contributed by atoms with van der Waals surface area (Å²) < 4.78 is 0. The molecule has 3 rings (SSSR count). The second-order valence-electron chi connectivity index (χ2n) is 4.57. The van der Waals surface area contributed by atoms with Crippen molar-refractivity contribution in [2.24, 2.45) is 0 Å². The number of carbonyl (C=O) groups is 2. The molecular formula is C15H12N2O2. The van der Waals surface area contributed by atoms with Gasteiger partial charge in [0.2, 0.25) is 0 Å². The van der Waals surface area contributed by atoms with E-state index in [1.807, 2.05) is 19.1 Å². The molecule has 0 radical (unpaired) electrons. The van der Waals surface area contributed by atoms with Gasteiger partial charge in [0, 0.05) is 6.20 Å². The van der Waals surface area contributed by atoms with E-state index < -0.39 is 0 Å². The van der Waals surface area contributed by atoms with Gasteiger partial charge in [0.15, 0.2) is 0 Å². The van der Waals surface area contributed by atoms with Crippen molar-refractivity contribution in [1.29, 1.82) is 0 Å². The number of fused-ring (bicyclic) bond motifs is 1. The summed E-state index contributed by atoms with van der Waals surface area (Å²) in [6, 6.07) is 10.8. The molecule has 94 valence electrons. The Balaban J connectivity index is 1.95. The van der Waals surface area contributed by atoms with Crippen LogP contribution in [0, 0.1) is 6.92 Å². The number of pyridine rings is 1. The Labute approximate surface area is 110 Å². The highest BCUT2D eigenvalue weighted by molar-refractivity contribution is 6.21. The summed E-state index contributed by atoms with van der Waals surface area (Å²) in [7, 11) is 0. The molecule has 0 N–H and O–H groups in total. The Kier molecular flexibility index (Phi) is 2.63. The zero-order valence-electron chi connectivity index (χ0n) is 10.5. The molecule has 0 fully saturated rings. The lowest BCUT2D eigenvalue weighted by Crippen LogP contribution is -2.29. The van der Waals surface area contributed by atoms with Crippen LogP contribution < -0.4 is 0 Å². The van der Waals surface area contributed by atoms with Crippen LogP contribution >= 0.6 is 0 Å². The highest BCUT2D eigenvalue weighted by Crippen LogP contribution is 2.24. The van der Waals surface area contributed by atoms with Gasteiger partial charge in [-0.1, -0.05) is 17.7 Å².